The standard InChI is InChI=1S/C14H16N4O3/c1-2-8-17(10-13(19)20)14(21)12-9-18(16-15-12)11-6-4-3-5-7-11/h3-7,9H,2,8,10H2,1H3,(H,19,20). The third kappa shape index (κ3) is 3.65. The molecule has 0 aliphatic rings. The minimum absolute atomic E-state index is 0.133. The van der Waals surface area contributed by atoms with Crippen molar-refractivity contribution < 1.29 is 14.7 Å². The molecule has 0 fully saturated rings. The van der Waals surface area contributed by atoms with E-state index in [1.807, 2.05) is 37.3 Å². The summed E-state index contributed by atoms with van der Waals surface area (Å²) in [5.74, 6) is -1.48. The van der Waals surface area contributed by atoms with Crippen LogP contribution in [0, 0.1) is 0 Å². The lowest BCUT2D eigenvalue weighted by Gasteiger charge is -2.18. The van der Waals surface area contributed by atoms with Crippen molar-refractivity contribution in [1.29, 1.82) is 0 Å². The van der Waals surface area contributed by atoms with Crippen LogP contribution in [0.15, 0.2) is 36.5 Å². The molecule has 0 aliphatic carbocycles. The van der Waals surface area contributed by atoms with E-state index in [0.29, 0.717) is 13.0 Å². The quantitative estimate of drug-likeness (QED) is 0.863. The molecular formula is C14H16N4O3. The molecule has 0 spiro atoms. The Balaban J connectivity index is 2.19. The smallest absolute Gasteiger partial charge is 0.323 e. The second kappa shape index (κ2) is 6.65. The number of aromatic nitrogens is 3. The van der Waals surface area contributed by atoms with Crippen LogP contribution >= 0.6 is 0 Å². The van der Waals surface area contributed by atoms with Gasteiger partial charge in [-0.25, -0.2) is 4.68 Å². The number of carboxylic acids is 1. The molecule has 7 heteroatoms. The van der Waals surface area contributed by atoms with Crippen molar-refractivity contribution in [3.8, 4) is 5.69 Å². The van der Waals surface area contributed by atoms with Gasteiger partial charge in [-0.3, -0.25) is 9.59 Å². The number of carbonyl (C=O) groups is 2. The Hall–Kier alpha value is -2.70. The fourth-order valence-corrected chi connectivity index (χ4v) is 1.92. The first kappa shape index (κ1) is 14.7. The minimum Gasteiger partial charge on any atom is -0.480 e. The number of nitrogens with zero attached hydrogens (tertiary/aromatic N) is 4. The van der Waals surface area contributed by atoms with E-state index in [2.05, 4.69) is 10.3 Å². The Morgan fingerprint density at radius 1 is 1.29 bits per heavy atom. The highest BCUT2D eigenvalue weighted by molar-refractivity contribution is 5.93. The van der Waals surface area contributed by atoms with Crippen molar-refractivity contribution in [2.45, 2.75) is 13.3 Å². The van der Waals surface area contributed by atoms with E-state index in [1.165, 1.54) is 15.8 Å². The molecule has 0 unspecified atom stereocenters. The molecule has 2 aromatic rings. The first-order chi connectivity index (χ1) is 10.1. The molecule has 0 radical (unpaired) electrons. The van der Waals surface area contributed by atoms with E-state index in [4.69, 9.17) is 5.11 Å². The molecule has 0 bridgehead atoms. The predicted molar refractivity (Wildman–Crippen MR) is 75.2 cm³/mol. The van der Waals surface area contributed by atoms with Crippen LogP contribution in [-0.4, -0.2) is 50.0 Å². The summed E-state index contributed by atoms with van der Waals surface area (Å²) in [6.45, 7) is 1.90. The van der Waals surface area contributed by atoms with Gasteiger partial charge in [-0.1, -0.05) is 30.3 Å². The van der Waals surface area contributed by atoms with Gasteiger partial charge in [0.15, 0.2) is 5.69 Å². The summed E-state index contributed by atoms with van der Waals surface area (Å²) < 4.78 is 1.48. The first-order valence-corrected chi connectivity index (χ1v) is 6.60. The van der Waals surface area contributed by atoms with E-state index in [1.54, 1.807) is 0 Å². The molecule has 21 heavy (non-hydrogen) atoms. The predicted octanol–water partition coefficient (Wildman–Crippen LogP) is 1.20. The van der Waals surface area contributed by atoms with Crippen LogP contribution in [0.2, 0.25) is 0 Å². The maximum Gasteiger partial charge on any atom is 0.323 e. The van der Waals surface area contributed by atoms with E-state index in [9.17, 15) is 9.59 Å². The number of para-hydroxylation sites is 1. The third-order valence-electron chi connectivity index (χ3n) is 2.84. The lowest BCUT2D eigenvalue weighted by Crippen LogP contribution is -2.36. The summed E-state index contributed by atoms with van der Waals surface area (Å²) in [7, 11) is 0. The van der Waals surface area contributed by atoms with Crippen LogP contribution in [0.25, 0.3) is 5.69 Å². The van der Waals surface area contributed by atoms with Crippen molar-refractivity contribution in [2.75, 3.05) is 13.1 Å². The lowest BCUT2D eigenvalue weighted by molar-refractivity contribution is -0.137. The molecule has 1 amide bonds. The summed E-state index contributed by atoms with van der Waals surface area (Å²) in [4.78, 5) is 24.3. The molecule has 1 aromatic heterocycles. The number of amides is 1. The Morgan fingerprint density at radius 3 is 2.62 bits per heavy atom. The minimum atomic E-state index is -1.05. The van der Waals surface area contributed by atoms with Gasteiger partial charge in [-0.2, -0.15) is 0 Å². The van der Waals surface area contributed by atoms with Gasteiger partial charge < -0.3 is 10.0 Å². The Bertz CT molecular complexity index is 624. The molecule has 0 atom stereocenters. The maximum atomic E-state index is 12.3. The monoisotopic (exact) mass is 288 g/mol. The summed E-state index contributed by atoms with van der Waals surface area (Å²) in [5.41, 5.74) is 0.915. The zero-order valence-corrected chi connectivity index (χ0v) is 11.6. The van der Waals surface area contributed by atoms with Crippen LogP contribution in [0.4, 0.5) is 0 Å². The van der Waals surface area contributed by atoms with Crippen LogP contribution in [0.5, 0.6) is 0 Å². The molecule has 1 aromatic carbocycles. The molecule has 0 saturated heterocycles. The molecule has 7 nitrogen and oxygen atoms in total. The van der Waals surface area contributed by atoms with E-state index >= 15 is 0 Å². The summed E-state index contributed by atoms with van der Waals surface area (Å²) >= 11 is 0. The number of aliphatic carboxylic acids is 1. The molecule has 1 heterocycles. The first-order valence-electron chi connectivity index (χ1n) is 6.60. The Labute approximate surface area is 121 Å². The number of carboxylic acid groups (broad SMARTS) is 1. The maximum absolute atomic E-state index is 12.3. The Kier molecular flexibility index (Phi) is 4.65. The second-order valence-electron chi connectivity index (χ2n) is 4.50. The second-order valence-corrected chi connectivity index (χ2v) is 4.50. The largest absolute Gasteiger partial charge is 0.480 e. The molecule has 0 aliphatic heterocycles. The SMILES string of the molecule is CCCN(CC(=O)O)C(=O)c1cn(-c2ccccc2)nn1. The fourth-order valence-electron chi connectivity index (χ4n) is 1.92. The van der Waals surface area contributed by atoms with E-state index < -0.39 is 11.9 Å². The highest BCUT2D eigenvalue weighted by atomic mass is 16.4. The average molecular weight is 288 g/mol. The third-order valence-corrected chi connectivity index (χ3v) is 2.84. The van der Waals surface area contributed by atoms with Gasteiger partial charge in [0.25, 0.3) is 5.91 Å². The van der Waals surface area contributed by atoms with Gasteiger partial charge in [0.05, 0.1) is 11.9 Å². The van der Waals surface area contributed by atoms with Crippen molar-refractivity contribution in [2.24, 2.45) is 0 Å². The number of hydrogen-bond donors (Lipinski definition) is 1. The number of benzene rings is 1. The van der Waals surface area contributed by atoms with E-state index in [-0.39, 0.29) is 12.2 Å². The fraction of sp³-hybridized carbons (Fsp3) is 0.286. The van der Waals surface area contributed by atoms with Gasteiger partial charge in [-0.05, 0) is 18.6 Å². The van der Waals surface area contributed by atoms with Gasteiger partial charge in [-0.15, -0.1) is 5.10 Å². The van der Waals surface area contributed by atoms with Gasteiger partial charge >= 0.3 is 5.97 Å². The van der Waals surface area contributed by atoms with Crippen molar-refractivity contribution in [3.63, 3.8) is 0 Å². The zero-order chi connectivity index (χ0) is 15.2. The molecule has 1 N–H and O–H groups in total. The van der Waals surface area contributed by atoms with Gasteiger partial charge in [0, 0.05) is 6.54 Å². The number of hydrogen-bond acceptors (Lipinski definition) is 4. The number of carbonyl (C=O) groups excluding carboxylic acids is 1. The highest BCUT2D eigenvalue weighted by Gasteiger charge is 2.20. The van der Waals surface area contributed by atoms with Crippen LogP contribution < -0.4 is 0 Å². The normalized spacial score (nSPS) is 10.3. The highest BCUT2D eigenvalue weighted by Crippen LogP contribution is 2.08. The summed E-state index contributed by atoms with van der Waals surface area (Å²) in [5, 5.41) is 16.6. The lowest BCUT2D eigenvalue weighted by atomic mass is 10.3. The van der Waals surface area contributed by atoms with Crippen LogP contribution in [-0.2, 0) is 4.79 Å². The van der Waals surface area contributed by atoms with Gasteiger partial charge in [0.1, 0.15) is 6.54 Å². The zero-order valence-electron chi connectivity index (χ0n) is 11.6. The van der Waals surface area contributed by atoms with Crippen molar-refractivity contribution in [3.05, 3.63) is 42.2 Å². The van der Waals surface area contributed by atoms with Crippen LogP contribution in [0.3, 0.4) is 0 Å². The molecule has 2 rings (SSSR count). The summed E-state index contributed by atoms with van der Waals surface area (Å²) in [6, 6.07) is 9.26. The van der Waals surface area contributed by atoms with E-state index in [0.717, 1.165) is 5.69 Å². The number of rotatable bonds is 6. The topological polar surface area (TPSA) is 88.3 Å². The van der Waals surface area contributed by atoms with Gasteiger partial charge in [0.2, 0.25) is 0 Å². The summed E-state index contributed by atoms with van der Waals surface area (Å²) in [6.07, 6.45) is 2.17. The van der Waals surface area contributed by atoms with Crippen molar-refractivity contribution >= 4 is 11.9 Å². The molecular weight excluding hydrogens is 272 g/mol. The van der Waals surface area contributed by atoms with Crippen molar-refractivity contribution in [1.82, 2.24) is 19.9 Å². The molecule has 0 saturated carbocycles. The molecule has 110 valence electrons. The average Bonchev–Trinajstić information content (AvgIpc) is 2.96. The Morgan fingerprint density at radius 2 is 2.00 bits per heavy atom. The van der Waals surface area contributed by atoms with Crippen LogP contribution in [0.1, 0.15) is 23.8 Å².